The van der Waals surface area contributed by atoms with Gasteiger partial charge in [-0.25, -0.2) is 15.0 Å². The van der Waals surface area contributed by atoms with Crippen LogP contribution in [0, 0.1) is 5.92 Å². The maximum Gasteiger partial charge on any atom is 0.165 e. The lowest BCUT2D eigenvalue weighted by Gasteiger charge is -2.27. The lowest BCUT2D eigenvalue weighted by Crippen LogP contribution is -2.31. The summed E-state index contributed by atoms with van der Waals surface area (Å²) < 4.78 is 2.08. The monoisotopic (exact) mass is 458 g/mol. The Bertz CT molecular complexity index is 1130. The predicted octanol–water partition coefficient (Wildman–Crippen LogP) is 4.57. The fraction of sp³-hybridized carbons (Fsp3) is 0.370. The second-order valence-corrected chi connectivity index (χ2v) is 8.60. The van der Waals surface area contributed by atoms with E-state index in [2.05, 4.69) is 73.5 Å². The molecule has 0 spiro atoms. The first kappa shape index (κ1) is 23.9. The van der Waals surface area contributed by atoms with E-state index in [1.165, 1.54) is 11.1 Å². The van der Waals surface area contributed by atoms with Crippen LogP contribution in [0.25, 0.3) is 11.2 Å². The van der Waals surface area contributed by atoms with Crippen molar-refractivity contribution in [2.45, 2.75) is 45.3 Å². The summed E-state index contributed by atoms with van der Waals surface area (Å²) in [7, 11) is 0. The third-order valence-electron chi connectivity index (χ3n) is 6.16. The molecular weight excluding hydrogens is 424 g/mol. The number of fused-ring (bicyclic) bond motifs is 1. The summed E-state index contributed by atoms with van der Waals surface area (Å²) in [5.74, 6) is 0.884. The molecule has 0 aliphatic heterocycles. The lowest BCUT2D eigenvalue weighted by atomic mass is 9.89. The molecule has 0 aliphatic carbocycles. The van der Waals surface area contributed by atoms with Crippen molar-refractivity contribution >= 4 is 17.0 Å². The average molecular weight is 459 g/mol. The van der Waals surface area contributed by atoms with Gasteiger partial charge in [-0.15, -0.1) is 0 Å². The first-order valence-corrected chi connectivity index (χ1v) is 12.1. The molecule has 2 atom stereocenters. The lowest BCUT2D eigenvalue weighted by molar-refractivity contribution is 0.177. The van der Waals surface area contributed by atoms with E-state index in [1.54, 1.807) is 6.33 Å². The molecule has 0 unspecified atom stereocenters. The summed E-state index contributed by atoms with van der Waals surface area (Å²) >= 11 is 0. The SMILES string of the molecule is CCCN[C@H](c1ccccc1)[C@H](CO)CCCn1cnc2c(NCc3ccccc3)ncnc21. The van der Waals surface area contributed by atoms with Gasteiger partial charge >= 0.3 is 0 Å². The van der Waals surface area contributed by atoms with E-state index in [1.807, 2.05) is 30.6 Å². The van der Waals surface area contributed by atoms with E-state index >= 15 is 0 Å². The Morgan fingerprint density at radius 3 is 2.47 bits per heavy atom. The van der Waals surface area contributed by atoms with Crippen molar-refractivity contribution in [3.8, 4) is 0 Å². The van der Waals surface area contributed by atoms with E-state index in [0.717, 1.165) is 49.3 Å². The number of hydrogen-bond acceptors (Lipinski definition) is 6. The zero-order valence-electron chi connectivity index (χ0n) is 19.8. The van der Waals surface area contributed by atoms with Gasteiger partial charge in [0, 0.05) is 31.7 Å². The summed E-state index contributed by atoms with van der Waals surface area (Å²) in [5.41, 5.74) is 4.03. The molecule has 0 saturated heterocycles. The fourth-order valence-electron chi connectivity index (χ4n) is 4.36. The molecule has 7 nitrogen and oxygen atoms in total. The second kappa shape index (κ2) is 12.3. The maximum atomic E-state index is 10.2. The molecule has 4 aromatic rings. The molecule has 0 bridgehead atoms. The van der Waals surface area contributed by atoms with Crippen molar-refractivity contribution in [1.82, 2.24) is 24.8 Å². The average Bonchev–Trinajstić information content (AvgIpc) is 3.31. The summed E-state index contributed by atoms with van der Waals surface area (Å²) in [6, 6.07) is 20.8. The number of imidazole rings is 1. The van der Waals surface area contributed by atoms with Crippen LogP contribution in [0.2, 0.25) is 0 Å². The number of nitrogens with zero attached hydrogens (tertiary/aromatic N) is 4. The van der Waals surface area contributed by atoms with Crippen LogP contribution in [0.4, 0.5) is 5.82 Å². The van der Waals surface area contributed by atoms with Crippen molar-refractivity contribution in [1.29, 1.82) is 0 Å². The Labute approximate surface area is 201 Å². The third kappa shape index (κ3) is 5.98. The molecule has 2 aromatic heterocycles. The number of anilines is 1. The number of nitrogens with one attached hydrogen (secondary N) is 2. The first-order valence-electron chi connectivity index (χ1n) is 12.1. The quantitative estimate of drug-likeness (QED) is 0.272. The van der Waals surface area contributed by atoms with Crippen molar-refractivity contribution < 1.29 is 5.11 Å². The number of aliphatic hydroxyl groups excluding tert-OH is 1. The first-order chi connectivity index (χ1) is 16.8. The van der Waals surface area contributed by atoms with Gasteiger partial charge in [0.2, 0.25) is 0 Å². The van der Waals surface area contributed by atoms with Crippen LogP contribution in [0.1, 0.15) is 43.4 Å². The summed E-state index contributed by atoms with van der Waals surface area (Å²) in [5, 5.41) is 17.2. The zero-order valence-corrected chi connectivity index (χ0v) is 19.8. The van der Waals surface area contributed by atoms with E-state index in [4.69, 9.17) is 0 Å². The highest BCUT2D eigenvalue weighted by atomic mass is 16.3. The van der Waals surface area contributed by atoms with Gasteiger partial charge in [0.1, 0.15) is 11.8 Å². The minimum absolute atomic E-state index is 0.140. The highest BCUT2D eigenvalue weighted by Crippen LogP contribution is 2.26. The molecular formula is C27H34N6O. The normalized spacial score (nSPS) is 13.1. The van der Waals surface area contributed by atoms with Crippen LogP contribution in [-0.2, 0) is 13.1 Å². The molecule has 0 amide bonds. The third-order valence-corrected chi connectivity index (χ3v) is 6.16. The van der Waals surface area contributed by atoms with Gasteiger partial charge in [0.25, 0.3) is 0 Å². The van der Waals surface area contributed by atoms with E-state index < -0.39 is 0 Å². The van der Waals surface area contributed by atoms with Crippen LogP contribution in [0.5, 0.6) is 0 Å². The van der Waals surface area contributed by atoms with Crippen LogP contribution in [-0.4, -0.2) is 37.8 Å². The van der Waals surface area contributed by atoms with Crippen molar-refractivity contribution in [2.24, 2.45) is 5.92 Å². The van der Waals surface area contributed by atoms with Crippen LogP contribution < -0.4 is 10.6 Å². The van der Waals surface area contributed by atoms with Crippen molar-refractivity contribution in [3.63, 3.8) is 0 Å². The van der Waals surface area contributed by atoms with Gasteiger partial charge in [-0.05, 0) is 36.9 Å². The van der Waals surface area contributed by atoms with Crippen LogP contribution in [0.3, 0.4) is 0 Å². The van der Waals surface area contributed by atoms with Gasteiger partial charge in [0.05, 0.1) is 6.33 Å². The Balaban J connectivity index is 1.40. The minimum Gasteiger partial charge on any atom is -0.396 e. The highest BCUT2D eigenvalue weighted by Gasteiger charge is 2.22. The zero-order chi connectivity index (χ0) is 23.6. The van der Waals surface area contributed by atoms with Gasteiger partial charge in [0.15, 0.2) is 11.5 Å². The van der Waals surface area contributed by atoms with Crippen LogP contribution in [0.15, 0.2) is 73.3 Å². The van der Waals surface area contributed by atoms with Gasteiger partial charge < -0.3 is 20.3 Å². The van der Waals surface area contributed by atoms with Gasteiger partial charge in [-0.3, -0.25) is 0 Å². The molecule has 0 saturated carbocycles. The Kier molecular flexibility index (Phi) is 8.60. The molecule has 2 heterocycles. The topological polar surface area (TPSA) is 87.9 Å². The molecule has 7 heteroatoms. The number of aromatic nitrogens is 4. The molecule has 0 radical (unpaired) electrons. The molecule has 0 fully saturated rings. The van der Waals surface area contributed by atoms with E-state index in [9.17, 15) is 5.11 Å². The Hall–Kier alpha value is -3.29. The number of rotatable bonds is 13. The highest BCUT2D eigenvalue weighted by molar-refractivity contribution is 5.82. The summed E-state index contributed by atoms with van der Waals surface area (Å²) in [4.78, 5) is 13.5. The smallest absolute Gasteiger partial charge is 0.165 e. The minimum atomic E-state index is 0.140. The largest absolute Gasteiger partial charge is 0.396 e. The number of aliphatic hydroxyl groups is 1. The van der Waals surface area contributed by atoms with Gasteiger partial charge in [-0.1, -0.05) is 67.6 Å². The summed E-state index contributed by atoms with van der Waals surface area (Å²) in [6.45, 7) is 4.72. The van der Waals surface area contributed by atoms with Gasteiger partial charge in [-0.2, -0.15) is 0 Å². The molecule has 3 N–H and O–H groups in total. The fourth-order valence-corrected chi connectivity index (χ4v) is 4.36. The van der Waals surface area contributed by atoms with Crippen molar-refractivity contribution in [2.75, 3.05) is 18.5 Å². The Morgan fingerprint density at radius 1 is 0.971 bits per heavy atom. The number of aryl methyl sites for hydroxylation is 1. The molecule has 0 aliphatic rings. The molecule has 4 rings (SSSR count). The molecule has 2 aromatic carbocycles. The van der Waals surface area contributed by atoms with Crippen molar-refractivity contribution in [3.05, 3.63) is 84.4 Å². The van der Waals surface area contributed by atoms with E-state index in [-0.39, 0.29) is 18.6 Å². The Morgan fingerprint density at radius 2 is 1.74 bits per heavy atom. The molecule has 34 heavy (non-hydrogen) atoms. The predicted molar refractivity (Wildman–Crippen MR) is 136 cm³/mol. The second-order valence-electron chi connectivity index (χ2n) is 8.60. The number of benzene rings is 2. The standard InChI is InChI=1S/C27H34N6O/c1-2-15-28-24(22-12-7-4-8-13-22)23(18-34)14-9-16-33-20-32-25-26(30-19-31-27(25)33)29-17-21-10-5-3-6-11-21/h3-8,10-13,19-20,23-24,28,34H,2,9,14-18H2,1H3,(H,29,30,31)/t23-,24+/m0/s1. The van der Waals surface area contributed by atoms with Crippen LogP contribution >= 0.6 is 0 Å². The van der Waals surface area contributed by atoms with E-state index in [0.29, 0.717) is 6.54 Å². The maximum absolute atomic E-state index is 10.2. The number of hydrogen-bond donors (Lipinski definition) is 3. The molecule has 178 valence electrons. The summed E-state index contributed by atoms with van der Waals surface area (Å²) in [6.07, 6.45) is 6.31.